The lowest BCUT2D eigenvalue weighted by molar-refractivity contribution is -0.163. The zero-order valence-corrected chi connectivity index (χ0v) is 21.6. The number of hydrogen-bond acceptors (Lipinski definition) is 5. The van der Waals surface area contributed by atoms with E-state index in [0.29, 0.717) is 30.2 Å². The monoisotopic (exact) mass is 535 g/mol. The fraction of sp³-hybridized carbons (Fsp3) is 0.571. The van der Waals surface area contributed by atoms with Gasteiger partial charge in [-0.05, 0) is 86.8 Å². The smallest absolute Gasteiger partial charge is 0.280 e. The lowest BCUT2D eigenvalue weighted by Crippen LogP contribution is -2.56. The lowest BCUT2D eigenvalue weighted by atomic mass is 9.82. The van der Waals surface area contributed by atoms with Crippen LogP contribution in [0.5, 0.6) is 0 Å². The van der Waals surface area contributed by atoms with Crippen LogP contribution in [0.1, 0.15) is 54.4 Å². The molecule has 1 aromatic rings. The molecule has 38 heavy (non-hydrogen) atoms. The van der Waals surface area contributed by atoms with E-state index in [-0.39, 0.29) is 19.5 Å². The molecule has 1 aliphatic carbocycles. The molecule has 7 nitrogen and oxygen atoms in total. The van der Waals surface area contributed by atoms with Crippen LogP contribution in [-0.2, 0) is 4.79 Å². The second-order valence-electron chi connectivity index (χ2n) is 10.8. The van der Waals surface area contributed by atoms with Crippen molar-refractivity contribution >= 4 is 17.5 Å². The predicted octanol–water partition coefficient (Wildman–Crippen LogP) is 4.05. The number of piperidine rings is 2. The third-order valence-corrected chi connectivity index (χ3v) is 8.19. The lowest BCUT2D eigenvalue weighted by Gasteiger charge is -2.40. The van der Waals surface area contributed by atoms with Gasteiger partial charge in [0.2, 0.25) is 11.5 Å². The highest BCUT2D eigenvalue weighted by Gasteiger charge is 2.51. The number of aryl methyl sites for hydroxylation is 1. The van der Waals surface area contributed by atoms with E-state index in [4.69, 9.17) is 5.73 Å². The second kappa shape index (κ2) is 11.4. The third-order valence-electron chi connectivity index (χ3n) is 8.19. The van der Waals surface area contributed by atoms with E-state index in [9.17, 15) is 33.0 Å². The van der Waals surface area contributed by atoms with Gasteiger partial charge in [-0.15, -0.1) is 0 Å². The van der Waals surface area contributed by atoms with E-state index in [0.717, 1.165) is 55.8 Å². The van der Waals surface area contributed by atoms with Gasteiger partial charge < -0.3 is 25.7 Å². The Balaban J connectivity index is 1.29. The van der Waals surface area contributed by atoms with Gasteiger partial charge in [-0.2, -0.15) is 0 Å². The number of rotatable bonds is 7. The number of benzene rings is 1. The molecule has 2 saturated heterocycles. The van der Waals surface area contributed by atoms with E-state index in [2.05, 4.69) is 4.90 Å². The number of amides is 2. The van der Waals surface area contributed by atoms with E-state index >= 15 is 0 Å². The first kappa shape index (κ1) is 28.0. The van der Waals surface area contributed by atoms with Crippen molar-refractivity contribution in [2.45, 2.75) is 63.6 Å². The van der Waals surface area contributed by atoms with Crippen LogP contribution in [-0.4, -0.2) is 71.3 Å². The summed E-state index contributed by atoms with van der Waals surface area (Å²) in [5, 5.41) is 20.4. The first-order valence-corrected chi connectivity index (χ1v) is 13.2. The fourth-order valence-corrected chi connectivity index (χ4v) is 5.95. The van der Waals surface area contributed by atoms with E-state index in [1.807, 2.05) is 19.1 Å². The number of anilines is 1. The molecule has 2 heterocycles. The van der Waals surface area contributed by atoms with Gasteiger partial charge in [-0.25, -0.2) is 13.2 Å². The van der Waals surface area contributed by atoms with Crippen molar-refractivity contribution in [3.8, 4) is 0 Å². The van der Waals surface area contributed by atoms with Crippen molar-refractivity contribution in [3.63, 3.8) is 0 Å². The Bertz CT molecular complexity index is 1110. The van der Waals surface area contributed by atoms with Gasteiger partial charge in [0, 0.05) is 49.4 Å². The summed E-state index contributed by atoms with van der Waals surface area (Å²) in [6, 6.07) is 5.68. The Morgan fingerprint density at radius 1 is 1.11 bits per heavy atom. The summed E-state index contributed by atoms with van der Waals surface area (Å²) >= 11 is 0. The molecule has 1 unspecified atom stereocenters. The maximum atomic E-state index is 13.9. The standard InChI is InChI=1S/C28H36F3N3O4/c1-17-12-22(2-3-24(17)25(32)36)33-8-4-18(5-9-33)13-19-6-10-34(11-7-19)27(37)28(38,26(30)31)20-14-21(29)16-23(35)15-20/h2-3,12,14-15,18-19,21,26,35,38H,4-11,13,16H2,1H3,(H2,32,36)/t21?,28-/m0/s1. The van der Waals surface area contributed by atoms with Gasteiger partial charge >= 0.3 is 0 Å². The Hall–Kier alpha value is -3.01. The van der Waals surface area contributed by atoms with Crippen LogP contribution in [0.2, 0.25) is 0 Å². The Morgan fingerprint density at radius 2 is 1.71 bits per heavy atom. The van der Waals surface area contributed by atoms with Crippen LogP contribution in [0.25, 0.3) is 0 Å². The fourth-order valence-electron chi connectivity index (χ4n) is 5.95. The van der Waals surface area contributed by atoms with Crippen LogP contribution in [0.4, 0.5) is 18.9 Å². The second-order valence-corrected chi connectivity index (χ2v) is 10.8. The molecule has 0 saturated carbocycles. The van der Waals surface area contributed by atoms with Gasteiger partial charge in [-0.1, -0.05) is 0 Å². The number of primary amides is 1. The van der Waals surface area contributed by atoms with Crippen molar-refractivity contribution in [1.29, 1.82) is 0 Å². The highest BCUT2D eigenvalue weighted by molar-refractivity contribution is 5.94. The van der Waals surface area contributed by atoms with Gasteiger partial charge in [0.05, 0.1) is 5.76 Å². The van der Waals surface area contributed by atoms with Crippen LogP contribution < -0.4 is 10.6 Å². The van der Waals surface area contributed by atoms with Crippen LogP contribution in [0, 0.1) is 18.8 Å². The summed E-state index contributed by atoms with van der Waals surface area (Å²) in [6.07, 6.45) is 0.365. The molecular weight excluding hydrogens is 499 g/mol. The Morgan fingerprint density at radius 3 is 2.24 bits per heavy atom. The van der Waals surface area contributed by atoms with Crippen molar-refractivity contribution < 1.29 is 33.0 Å². The van der Waals surface area contributed by atoms with Gasteiger partial charge in [0.1, 0.15) is 6.17 Å². The van der Waals surface area contributed by atoms with Crippen molar-refractivity contribution in [1.82, 2.24) is 4.90 Å². The number of carbonyl (C=O) groups excluding carboxylic acids is 2. The van der Waals surface area contributed by atoms with E-state index in [1.165, 1.54) is 4.90 Å². The number of aliphatic hydroxyl groups is 2. The van der Waals surface area contributed by atoms with E-state index in [1.54, 1.807) is 6.07 Å². The van der Waals surface area contributed by atoms with Crippen molar-refractivity contribution in [3.05, 3.63) is 52.8 Å². The average Bonchev–Trinajstić information content (AvgIpc) is 2.87. The molecule has 2 atom stereocenters. The molecule has 0 bridgehead atoms. The average molecular weight is 536 g/mol. The summed E-state index contributed by atoms with van der Waals surface area (Å²) in [6.45, 7) is 4.14. The molecule has 2 aliphatic heterocycles. The van der Waals surface area contributed by atoms with Gasteiger partial charge in [0.15, 0.2) is 0 Å². The summed E-state index contributed by atoms with van der Waals surface area (Å²) < 4.78 is 41.8. The Labute approximate surface area is 220 Å². The number of alkyl halides is 3. The third kappa shape index (κ3) is 5.85. The van der Waals surface area contributed by atoms with Gasteiger partial charge in [-0.3, -0.25) is 9.59 Å². The number of nitrogens with zero attached hydrogens (tertiary/aromatic N) is 2. The molecule has 4 rings (SSSR count). The maximum Gasteiger partial charge on any atom is 0.280 e. The number of aliphatic hydroxyl groups excluding tert-OH is 1. The number of carbonyl (C=O) groups is 2. The molecule has 0 spiro atoms. The number of likely N-dealkylation sites (tertiary alicyclic amines) is 1. The van der Waals surface area contributed by atoms with Gasteiger partial charge in [0.25, 0.3) is 12.3 Å². The molecule has 4 N–H and O–H groups in total. The van der Waals surface area contributed by atoms with Crippen LogP contribution in [0.3, 0.4) is 0 Å². The molecule has 2 amide bonds. The molecule has 208 valence electrons. The topological polar surface area (TPSA) is 107 Å². The Kier molecular flexibility index (Phi) is 8.40. The normalized spacial score (nSPS) is 23.2. The summed E-state index contributed by atoms with van der Waals surface area (Å²) in [4.78, 5) is 28.0. The molecule has 1 aromatic carbocycles. The zero-order chi connectivity index (χ0) is 27.6. The number of halogens is 3. The largest absolute Gasteiger partial charge is 0.512 e. The minimum Gasteiger partial charge on any atom is -0.512 e. The molecule has 2 fully saturated rings. The molecule has 3 aliphatic rings. The zero-order valence-electron chi connectivity index (χ0n) is 21.6. The summed E-state index contributed by atoms with van der Waals surface area (Å²) in [5.41, 5.74) is 4.07. The number of hydrogen-bond donors (Lipinski definition) is 3. The summed E-state index contributed by atoms with van der Waals surface area (Å²) in [5.74, 6) is -1.20. The minimum atomic E-state index is -3.46. The highest BCUT2D eigenvalue weighted by Crippen LogP contribution is 2.36. The molecule has 0 aromatic heterocycles. The van der Waals surface area contributed by atoms with Crippen molar-refractivity contribution in [2.75, 3.05) is 31.1 Å². The van der Waals surface area contributed by atoms with E-state index < -0.39 is 41.3 Å². The SMILES string of the molecule is Cc1cc(N2CCC(CC3CCN(C(=O)[C@](O)(C4=CC(F)CC(O)=C4)C(F)F)CC3)CC2)ccc1C(N)=O. The quantitative estimate of drug-likeness (QED) is 0.489. The maximum absolute atomic E-state index is 13.9. The molecular formula is C28H36F3N3O4. The first-order valence-electron chi connectivity index (χ1n) is 13.2. The number of nitrogens with two attached hydrogens (primary N) is 1. The predicted molar refractivity (Wildman–Crippen MR) is 138 cm³/mol. The molecule has 0 radical (unpaired) electrons. The number of allylic oxidation sites excluding steroid dienone is 2. The van der Waals surface area contributed by atoms with Crippen LogP contribution >= 0.6 is 0 Å². The van der Waals surface area contributed by atoms with Crippen LogP contribution in [0.15, 0.2) is 41.7 Å². The highest BCUT2D eigenvalue weighted by atomic mass is 19.3. The summed E-state index contributed by atoms with van der Waals surface area (Å²) in [7, 11) is 0. The first-order chi connectivity index (χ1) is 18.0. The minimum absolute atomic E-state index is 0.241. The van der Waals surface area contributed by atoms with Crippen molar-refractivity contribution in [2.24, 2.45) is 17.6 Å². The molecule has 10 heteroatoms.